The van der Waals surface area contributed by atoms with Crippen molar-refractivity contribution in [2.75, 3.05) is 24.7 Å². The molecule has 0 saturated heterocycles. The van der Waals surface area contributed by atoms with Gasteiger partial charge in [-0.25, -0.2) is 9.59 Å². The van der Waals surface area contributed by atoms with E-state index in [9.17, 15) is 23.5 Å². The van der Waals surface area contributed by atoms with Crippen molar-refractivity contribution in [2.45, 2.75) is 31.8 Å². The molecule has 0 aliphatic carbocycles. The Bertz CT molecular complexity index is 1420. The number of unbranched alkanes of at least 4 members (excludes halogenated alkanes) is 2. The van der Waals surface area contributed by atoms with Crippen LogP contribution in [0.15, 0.2) is 66.7 Å². The average molecular weight is 566 g/mol. The second kappa shape index (κ2) is 14.3. The largest absolute Gasteiger partial charge is 0.494 e. The van der Waals surface area contributed by atoms with Crippen LogP contribution in [0, 0.1) is 11.3 Å². The van der Waals surface area contributed by atoms with Crippen LogP contribution >= 0.6 is 0 Å². The third kappa shape index (κ3) is 9.25. The van der Waals surface area contributed by atoms with Gasteiger partial charge < -0.3 is 30.8 Å². The summed E-state index contributed by atoms with van der Waals surface area (Å²) < 4.78 is 44.8. The molecule has 5 N–H and O–H groups in total. The minimum Gasteiger partial charge on any atom is -0.494 e. The Morgan fingerprint density at radius 2 is 1.66 bits per heavy atom. The molecule has 0 spiro atoms. The molecule has 214 valence electrons. The lowest BCUT2D eigenvalue weighted by molar-refractivity contribution is -0.185. The molecule has 11 heteroatoms. The topological polar surface area (TPSA) is 158 Å². The van der Waals surface area contributed by atoms with Gasteiger partial charge in [-0.05, 0) is 78.6 Å². The van der Waals surface area contributed by atoms with Crippen molar-refractivity contribution in [3.63, 3.8) is 0 Å². The standard InChI is InChI=1S/C30H29F2N3O6/c31-30(32,21-7-11-23(12-8-21)39-16-3-1-2-15-33)41-24-9-4-20(5-10-24)6-13-28(36)40-17-14-25-26(29(37)38)18-22(34)19-27(25)35/h4-13,18-19H,1-3,14,16-17,34-35H2,(H,37,38). The molecule has 0 bridgehead atoms. The second-order valence-corrected chi connectivity index (χ2v) is 8.87. The summed E-state index contributed by atoms with van der Waals surface area (Å²) in [6.07, 6.45) is 0.906. The van der Waals surface area contributed by atoms with Gasteiger partial charge in [0.15, 0.2) is 0 Å². The van der Waals surface area contributed by atoms with E-state index in [0.29, 0.717) is 42.7 Å². The number of benzene rings is 3. The number of anilines is 2. The maximum absolute atomic E-state index is 14.7. The molecule has 3 aromatic rings. The molecule has 3 rings (SSSR count). The predicted octanol–water partition coefficient (Wildman–Crippen LogP) is 5.55. The van der Waals surface area contributed by atoms with Crippen molar-refractivity contribution in [1.29, 1.82) is 5.26 Å². The van der Waals surface area contributed by atoms with Crippen LogP contribution < -0.4 is 20.9 Å². The van der Waals surface area contributed by atoms with Gasteiger partial charge in [0.05, 0.1) is 30.4 Å². The molecular formula is C30H29F2N3O6. The van der Waals surface area contributed by atoms with Gasteiger partial charge >= 0.3 is 18.0 Å². The Kier molecular flexibility index (Phi) is 10.6. The minimum atomic E-state index is -3.60. The van der Waals surface area contributed by atoms with E-state index in [2.05, 4.69) is 0 Å². The summed E-state index contributed by atoms with van der Waals surface area (Å²) in [5, 5.41) is 17.9. The maximum Gasteiger partial charge on any atom is 0.426 e. The Morgan fingerprint density at radius 3 is 2.32 bits per heavy atom. The highest BCUT2D eigenvalue weighted by Crippen LogP contribution is 2.32. The number of aromatic carboxylic acids is 1. The van der Waals surface area contributed by atoms with Gasteiger partial charge in [-0.15, -0.1) is 0 Å². The molecule has 3 aromatic carbocycles. The van der Waals surface area contributed by atoms with Gasteiger partial charge in [0.2, 0.25) is 0 Å². The van der Waals surface area contributed by atoms with E-state index in [0.717, 1.165) is 6.08 Å². The molecule has 0 radical (unpaired) electrons. The predicted molar refractivity (Wildman–Crippen MR) is 148 cm³/mol. The number of nitrogens with zero attached hydrogens (tertiary/aromatic N) is 1. The maximum atomic E-state index is 14.7. The van der Waals surface area contributed by atoms with E-state index in [1.54, 1.807) is 0 Å². The number of nitriles is 1. The van der Waals surface area contributed by atoms with Gasteiger partial charge in [-0.2, -0.15) is 14.0 Å². The number of rotatable bonds is 14. The van der Waals surface area contributed by atoms with E-state index in [4.69, 9.17) is 30.9 Å². The quantitative estimate of drug-likeness (QED) is 0.0986. The Balaban J connectivity index is 1.49. The first-order chi connectivity index (χ1) is 19.6. The van der Waals surface area contributed by atoms with Crippen molar-refractivity contribution in [2.24, 2.45) is 0 Å². The number of carbonyl (C=O) groups is 2. The summed E-state index contributed by atoms with van der Waals surface area (Å²) in [7, 11) is 0. The fourth-order valence-electron chi connectivity index (χ4n) is 3.75. The van der Waals surface area contributed by atoms with Gasteiger partial charge in [-0.3, -0.25) is 0 Å². The highest BCUT2D eigenvalue weighted by molar-refractivity contribution is 5.92. The van der Waals surface area contributed by atoms with Crippen molar-refractivity contribution >= 4 is 29.4 Å². The van der Waals surface area contributed by atoms with Crippen molar-refractivity contribution < 1.29 is 37.7 Å². The summed E-state index contributed by atoms with van der Waals surface area (Å²) in [6.45, 7) is 0.272. The van der Waals surface area contributed by atoms with Crippen LogP contribution in [-0.4, -0.2) is 30.3 Å². The molecule has 0 aromatic heterocycles. The van der Waals surface area contributed by atoms with Gasteiger partial charge in [-0.1, -0.05) is 12.1 Å². The van der Waals surface area contributed by atoms with Crippen LogP contribution in [-0.2, 0) is 22.1 Å². The van der Waals surface area contributed by atoms with Crippen LogP contribution in [0.2, 0.25) is 0 Å². The summed E-state index contributed by atoms with van der Waals surface area (Å²) in [6, 6.07) is 15.7. The number of nitrogens with two attached hydrogens (primary N) is 2. The monoisotopic (exact) mass is 565 g/mol. The van der Waals surface area contributed by atoms with Crippen LogP contribution in [0.1, 0.15) is 46.3 Å². The van der Waals surface area contributed by atoms with E-state index in [-0.39, 0.29) is 41.3 Å². The third-order valence-electron chi connectivity index (χ3n) is 5.81. The zero-order valence-electron chi connectivity index (χ0n) is 22.0. The van der Waals surface area contributed by atoms with E-state index < -0.39 is 18.0 Å². The minimum absolute atomic E-state index is 0.0626. The average Bonchev–Trinajstić information content (AvgIpc) is 2.93. The molecule has 0 saturated carbocycles. The number of ether oxygens (including phenoxy) is 3. The van der Waals surface area contributed by atoms with Crippen molar-refractivity contribution in [1.82, 2.24) is 0 Å². The normalized spacial score (nSPS) is 11.1. The lowest BCUT2D eigenvalue weighted by Gasteiger charge is -2.18. The van der Waals surface area contributed by atoms with E-state index in [1.807, 2.05) is 6.07 Å². The first kappa shape index (κ1) is 30.4. The molecule has 0 fully saturated rings. The third-order valence-corrected chi connectivity index (χ3v) is 5.81. The number of alkyl halides is 2. The van der Waals surface area contributed by atoms with E-state index in [1.165, 1.54) is 66.7 Å². The summed E-state index contributed by atoms with van der Waals surface area (Å²) >= 11 is 0. The zero-order valence-corrected chi connectivity index (χ0v) is 22.0. The lowest BCUT2D eigenvalue weighted by atomic mass is 10.0. The molecule has 9 nitrogen and oxygen atoms in total. The van der Waals surface area contributed by atoms with Gasteiger partial charge in [0.1, 0.15) is 11.5 Å². The highest BCUT2D eigenvalue weighted by atomic mass is 19.3. The molecular weight excluding hydrogens is 536 g/mol. The number of esters is 1. The van der Waals surface area contributed by atoms with Crippen LogP contribution in [0.4, 0.5) is 20.2 Å². The van der Waals surface area contributed by atoms with Crippen molar-refractivity contribution in [3.8, 4) is 17.6 Å². The Morgan fingerprint density at radius 1 is 0.976 bits per heavy atom. The smallest absolute Gasteiger partial charge is 0.426 e. The number of hydrogen-bond acceptors (Lipinski definition) is 8. The summed E-state index contributed by atoms with van der Waals surface area (Å²) in [4.78, 5) is 23.5. The van der Waals surface area contributed by atoms with E-state index >= 15 is 0 Å². The summed E-state index contributed by atoms with van der Waals surface area (Å²) in [5.41, 5.74) is 12.3. The van der Waals surface area contributed by atoms with Crippen LogP contribution in [0.25, 0.3) is 6.08 Å². The molecule has 0 heterocycles. The number of carboxylic acids is 1. The number of halogens is 2. The van der Waals surface area contributed by atoms with Crippen LogP contribution in [0.3, 0.4) is 0 Å². The molecule has 0 aliphatic rings. The first-order valence-corrected chi connectivity index (χ1v) is 12.6. The van der Waals surface area contributed by atoms with Gasteiger partial charge in [0.25, 0.3) is 0 Å². The second-order valence-electron chi connectivity index (χ2n) is 8.87. The summed E-state index contributed by atoms with van der Waals surface area (Å²) in [5.74, 6) is -1.52. The highest BCUT2D eigenvalue weighted by Gasteiger charge is 2.34. The first-order valence-electron chi connectivity index (χ1n) is 12.6. The fraction of sp³-hybridized carbons (Fsp3) is 0.233. The lowest BCUT2D eigenvalue weighted by Crippen LogP contribution is -2.21. The number of nitrogen functional groups attached to an aromatic ring is 2. The van der Waals surface area contributed by atoms with Crippen LogP contribution in [0.5, 0.6) is 11.5 Å². The number of carbonyl (C=O) groups excluding carboxylic acids is 1. The van der Waals surface area contributed by atoms with Crippen molar-refractivity contribution in [3.05, 3.63) is 89.0 Å². The Labute approximate surface area is 235 Å². The molecule has 0 unspecified atom stereocenters. The van der Waals surface area contributed by atoms with Gasteiger partial charge in [0, 0.05) is 30.3 Å². The molecule has 0 amide bonds. The zero-order chi connectivity index (χ0) is 29.8. The molecule has 0 atom stereocenters. The molecule has 41 heavy (non-hydrogen) atoms. The Hall–Kier alpha value is -5.11. The fourth-order valence-corrected chi connectivity index (χ4v) is 3.75. The number of hydrogen-bond donors (Lipinski definition) is 3. The molecule has 0 aliphatic heterocycles. The number of carboxylic acid groups (broad SMARTS) is 1. The SMILES string of the molecule is N#CCCCCOc1ccc(C(F)(F)Oc2ccc(C=CC(=O)OCCc3c(N)cc(N)cc3C(=O)O)cc2)cc1.